The lowest BCUT2D eigenvalue weighted by Gasteiger charge is -2.15. The molecule has 0 saturated heterocycles. The molecule has 1 nitrogen and oxygen atoms in total. The second-order valence-corrected chi connectivity index (χ2v) is 5.34. The fourth-order valence-electron chi connectivity index (χ4n) is 1.77. The molecule has 0 amide bonds. The molecule has 1 unspecified atom stereocenters. The molecule has 18 heavy (non-hydrogen) atoms. The molecule has 4 heteroatoms. The zero-order valence-electron chi connectivity index (χ0n) is 9.62. The first-order chi connectivity index (χ1) is 8.49. The van der Waals surface area contributed by atoms with Gasteiger partial charge in [-0.25, -0.2) is 4.39 Å². The summed E-state index contributed by atoms with van der Waals surface area (Å²) >= 11 is 9.27. The van der Waals surface area contributed by atoms with Crippen molar-refractivity contribution in [3.05, 3.63) is 68.4 Å². The van der Waals surface area contributed by atoms with E-state index in [4.69, 9.17) is 11.6 Å². The van der Waals surface area contributed by atoms with Crippen molar-refractivity contribution < 1.29 is 9.50 Å². The summed E-state index contributed by atoms with van der Waals surface area (Å²) in [5.41, 5.74) is 2.02. The van der Waals surface area contributed by atoms with Crippen LogP contribution < -0.4 is 0 Å². The molecule has 0 bridgehead atoms. The average molecular weight is 330 g/mol. The second kappa shape index (κ2) is 5.39. The van der Waals surface area contributed by atoms with Gasteiger partial charge in [0, 0.05) is 4.47 Å². The van der Waals surface area contributed by atoms with Crippen LogP contribution in [0.25, 0.3) is 0 Å². The Morgan fingerprint density at radius 3 is 2.61 bits per heavy atom. The Kier molecular flexibility index (Phi) is 4.05. The van der Waals surface area contributed by atoms with E-state index in [1.54, 1.807) is 24.3 Å². The Balaban J connectivity index is 2.44. The van der Waals surface area contributed by atoms with E-state index < -0.39 is 6.10 Å². The fourth-order valence-corrected chi connectivity index (χ4v) is 2.20. The molecule has 0 radical (unpaired) electrons. The van der Waals surface area contributed by atoms with Crippen LogP contribution in [0.3, 0.4) is 0 Å². The molecule has 0 aromatic heterocycles. The number of hydrogen-bond acceptors (Lipinski definition) is 1. The maximum atomic E-state index is 13.2. The molecule has 1 atom stereocenters. The van der Waals surface area contributed by atoms with Crippen molar-refractivity contribution in [2.45, 2.75) is 13.0 Å². The molecule has 1 N–H and O–H groups in total. The second-order valence-electron chi connectivity index (χ2n) is 4.08. The highest BCUT2D eigenvalue weighted by molar-refractivity contribution is 9.10. The summed E-state index contributed by atoms with van der Waals surface area (Å²) in [7, 11) is 0. The van der Waals surface area contributed by atoms with E-state index >= 15 is 0 Å². The van der Waals surface area contributed by atoms with E-state index in [2.05, 4.69) is 15.9 Å². The van der Waals surface area contributed by atoms with Crippen molar-refractivity contribution in [1.82, 2.24) is 0 Å². The summed E-state index contributed by atoms with van der Waals surface area (Å²) in [5.74, 6) is -0.363. The van der Waals surface area contributed by atoms with Crippen LogP contribution in [0, 0.1) is 12.7 Å². The molecule has 0 spiro atoms. The molecule has 2 aromatic rings. The molecule has 0 aliphatic rings. The molecule has 2 rings (SSSR count). The topological polar surface area (TPSA) is 20.2 Å². The Bertz CT molecular complexity index is 586. The van der Waals surface area contributed by atoms with Crippen LogP contribution in [0.2, 0.25) is 5.02 Å². The Hall–Kier alpha value is -0.900. The van der Waals surface area contributed by atoms with Crippen LogP contribution >= 0.6 is 27.5 Å². The van der Waals surface area contributed by atoms with Gasteiger partial charge in [-0.2, -0.15) is 0 Å². The van der Waals surface area contributed by atoms with Crippen molar-refractivity contribution in [2.24, 2.45) is 0 Å². The van der Waals surface area contributed by atoms with E-state index in [1.165, 1.54) is 12.1 Å². The summed E-state index contributed by atoms with van der Waals surface area (Å²) in [6, 6.07) is 9.55. The van der Waals surface area contributed by atoms with Crippen molar-refractivity contribution in [3.8, 4) is 0 Å². The number of aryl methyl sites for hydroxylation is 1. The van der Waals surface area contributed by atoms with Crippen LogP contribution in [0.15, 0.2) is 40.9 Å². The molecule has 2 aromatic carbocycles. The molecule has 94 valence electrons. The standard InChI is InChI=1S/C14H11BrClFO/c1-8-2-4-10(17)7-11(8)14(18)9-3-5-12(15)13(16)6-9/h2-7,14,18H,1H3. The predicted molar refractivity (Wildman–Crippen MR) is 74.4 cm³/mol. The van der Waals surface area contributed by atoms with E-state index in [9.17, 15) is 9.50 Å². The van der Waals surface area contributed by atoms with Gasteiger partial charge in [0.05, 0.1) is 5.02 Å². The van der Waals surface area contributed by atoms with E-state index in [0.29, 0.717) is 16.1 Å². The summed E-state index contributed by atoms with van der Waals surface area (Å²) in [5, 5.41) is 10.8. The van der Waals surface area contributed by atoms with Crippen LogP contribution in [-0.2, 0) is 0 Å². The lowest BCUT2D eigenvalue weighted by Crippen LogP contribution is -2.02. The highest BCUT2D eigenvalue weighted by atomic mass is 79.9. The minimum absolute atomic E-state index is 0.363. The first kappa shape index (κ1) is 13.5. The minimum Gasteiger partial charge on any atom is -0.384 e. The van der Waals surface area contributed by atoms with E-state index in [0.717, 1.165) is 10.0 Å². The zero-order chi connectivity index (χ0) is 13.3. The average Bonchev–Trinajstić information content (AvgIpc) is 2.35. The van der Waals surface area contributed by atoms with Crippen LogP contribution in [-0.4, -0.2) is 5.11 Å². The van der Waals surface area contributed by atoms with Gasteiger partial charge in [0.2, 0.25) is 0 Å². The highest BCUT2D eigenvalue weighted by Crippen LogP contribution is 2.30. The van der Waals surface area contributed by atoms with Crippen LogP contribution in [0.4, 0.5) is 4.39 Å². The van der Waals surface area contributed by atoms with Gasteiger partial charge >= 0.3 is 0 Å². The highest BCUT2D eigenvalue weighted by Gasteiger charge is 2.14. The maximum absolute atomic E-state index is 13.2. The molecule has 0 aliphatic carbocycles. The normalized spacial score (nSPS) is 12.5. The quantitative estimate of drug-likeness (QED) is 0.851. The largest absolute Gasteiger partial charge is 0.384 e. The Labute approximate surface area is 118 Å². The third-order valence-corrected chi connectivity index (χ3v) is 4.03. The number of aliphatic hydroxyl groups excluding tert-OH is 1. The third-order valence-electron chi connectivity index (χ3n) is 2.80. The van der Waals surface area contributed by atoms with Gasteiger partial charge in [0.1, 0.15) is 11.9 Å². The number of aliphatic hydroxyl groups is 1. The lowest BCUT2D eigenvalue weighted by atomic mass is 9.97. The molecule has 0 aliphatic heterocycles. The van der Waals surface area contributed by atoms with Gasteiger partial charge in [-0.3, -0.25) is 0 Å². The van der Waals surface area contributed by atoms with Gasteiger partial charge in [0.25, 0.3) is 0 Å². The first-order valence-electron chi connectivity index (χ1n) is 5.38. The number of benzene rings is 2. The van der Waals surface area contributed by atoms with Gasteiger partial charge in [0.15, 0.2) is 0 Å². The van der Waals surface area contributed by atoms with Crippen molar-refractivity contribution in [1.29, 1.82) is 0 Å². The van der Waals surface area contributed by atoms with Crippen LogP contribution in [0.1, 0.15) is 22.8 Å². The van der Waals surface area contributed by atoms with Crippen molar-refractivity contribution in [3.63, 3.8) is 0 Å². The van der Waals surface area contributed by atoms with E-state index in [-0.39, 0.29) is 5.82 Å². The number of hydrogen-bond donors (Lipinski definition) is 1. The summed E-state index contributed by atoms with van der Waals surface area (Å²) in [4.78, 5) is 0. The lowest BCUT2D eigenvalue weighted by molar-refractivity contribution is 0.219. The fraction of sp³-hybridized carbons (Fsp3) is 0.143. The molecular weight excluding hydrogens is 319 g/mol. The molecule has 0 saturated carbocycles. The van der Waals surface area contributed by atoms with Gasteiger partial charge < -0.3 is 5.11 Å². The van der Waals surface area contributed by atoms with Gasteiger partial charge in [-0.15, -0.1) is 0 Å². The number of halogens is 3. The molecular formula is C14H11BrClFO. The van der Waals surface area contributed by atoms with Gasteiger partial charge in [-0.05, 0) is 63.8 Å². The first-order valence-corrected chi connectivity index (χ1v) is 6.55. The monoisotopic (exact) mass is 328 g/mol. The summed E-state index contributed by atoms with van der Waals surface area (Å²) in [6.07, 6.45) is -0.883. The minimum atomic E-state index is -0.883. The number of rotatable bonds is 2. The van der Waals surface area contributed by atoms with Gasteiger partial charge in [-0.1, -0.05) is 23.7 Å². The van der Waals surface area contributed by atoms with Crippen molar-refractivity contribution >= 4 is 27.5 Å². The van der Waals surface area contributed by atoms with E-state index in [1.807, 2.05) is 6.92 Å². The Morgan fingerprint density at radius 1 is 1.22 bits per heavy atom. The predicted octanol–water partition coefficient (Wildman–Crippen LogP) is 4.63. The SMILES string of the molecule is Cc1ccc(F)cc1C(O)c1ccc(Br)c(Cl)c1. The Morgan fingerprint density at radius 2 is 1.94 bits per heavy atom. The molecule has 0 fully saturated rings. The smallest absolute Gasteiger partial charge is 0.123 e. The third kappa shape index (κ3) is 2.74. The summed E-state index contributed by atoms with van der Waals surface area (Å²) in [6.45, 7) is 1.83. The summed E-state index contributed by atoms with van der Waals surface area (Å²) < 4.78 is 14.0. The maximum Gasteiger partial charge on any atom is 0.123 e. The van der Waals surface area contributed by atoms with Crippen LogP contribution in [0.5, 0.6) is 0 Å². The van der Waals surface area contributed by atoms with Crippen molar-refractivity contribution in [2.75, 3.05) is 0 Å². The molecule has 0 heterocycles. The zero-order valence-corrected chi connectivity index (χ0v) is 12.0.